The number of likely N-dealkylation sites (N-methyl/N-ethyl adjacent to an activating group) is 2. The lowest BCUT2D eigenvalue weighted by molar-refractivity contribution is -0.134. The monoisotopic (exact) mass is 364 g/mol. The molecular weight excluding hydrogens is 348 g/mol. The molecule has 2 aliphatic heterocycles. The number of methoxy groups -OCH3 is 1. The average molecular weight is 365 g/mol. The normalized spacial score (nSPS) is 21.1. The van der Waals surface area contributed by atoms with Crippen molar-refractivity contribution >= 4 is 29.4 Å². The third kappa shape index (κ3) is 2.73. The van der Waals surface area contributed by atoms with Crippen LogP contribution in [0, 0.1) is 0 Å². The molecule has 132 valence electrons. The van der Waals surface area contributed by atoms with Gasteiger partial charge in [0.15, 0.2) is 0 Å². The second-order valence-electron chi connectivity index (χ2n) is 5.75. The molecule has 0 aromatic heterocycles. The van der Waals surface area contributed by atoms with Crippen LogP contribution in [0.5, 0.6) is 5.75 Å². The van der Waals surface area contributed by atoms with E-state index >= 15 is 0 Å². The van der Waals surface area contributed by atoms with Gasteiger partial charge >= 0.3 is 6.03 Å². The van der Waals surface area contributed by atoms with Crippen molar-refractivity contribution in [3.63, 3.8) is 0 Å². The summed E-state index contributed by atoms with van der Waals surface area (Å²) in [4.78, 5) is 38.4. The Morgan fingerprint density at radius 2 is 1.80 bits per heavy atom. The highest BCUT2D eigenvalue weighted by atomic mass is 35.5. The van der Waals surface area contributed by atoms with E-state index in [9.17, 15) is 14.4 Å². The van der Waals surface area contributed by atoms with Crippen LogP contribution in [0.1, 0.15) is 18.0 Å². The summed E-state index contributed by atoms with van der Waals surface area (Å²) in [5.74, 6) is -0.721. The van der Waals surface area contributed by atoms with E-state index in [0.29, 0.717) is 22.9 Å². The molecule has 4 amide bonds. The second-order valence-corrected chi connectivity index (χ2v) is 6.13. The molecule has 0 radical (unpaired) electrons. The van der Waals surface area contributed by atoms with Gasteiger partial charge in [-0.2, -0.15) is 0 Å². The minimum absolute atomic E-state index is 0.0568. The first-order valence-corrected chi connectivity index (χ1v) is 7.91. The summed E-state index contributed by atoms with van der Waals surface area (Å²) in [5.41, 5.74) is 7.04. The van der Waals surface area contributed by atoms with E-state index in [0.717, 1.165) is 15.4 Å². The van der Waals surface area contributed by atoms with Gasteiger partial charge in [0.25, 0.3) is 11.8 Å². The van der Waals surface area contributed by atoms with Crippen molar-refractivity contribution in [3.05, 3.63) is 40.1 Å². The summed E-state index contributed by atoms with van der Waals surface area (Å²) in [6.45, 7) is 0. The van der Waals surface area contributed by atoms with Gasteiger partial charge in [-0.15, -0.1) is 0 Å². The SMILES string of the molecule is COc1cccc(C2CC(=C3C(=O)N(C)C(=O)N(C)C3=O)NN2)c1Cl. The van der Waals surface area contributed by atoms with Crippen molar-refractivity contribution < 1.29 is 19.1 Å². The molecule has 3 rings (SSSR count). The molecule has 2 saturated heterocycles. The predicted molar refractivity (Wildman–Crippen MR) is 89.6 cm³/mol. The molecule has 0 saturated carbocycles. The molecule has 0 spiro atoms. The van der Waals surface area contributed by atoms with Crippen LogP contribution < -0.4 is 15.6 Å². The number of hydrazine groups is 1. The van der Waals surface area contributed by atoms with E-state index in [-0.39, 0.29) is 11.6 Å². The lowest BCUT2D eigenvalue weighted by Gasteiger charge is -2.29. The molecule has 2 aliphatic rings. The van der Waals surface area contributed by atoms with E-state index in [1.165, 1.54) is 21.2 Å². The molecule has 25 heavy (non-hydrogen) atoms. The number of barbiturate groups is 1. The number of amides is 4. The third-order valence-corrected chi connectivity index (χ3v) is 4.71. The Bertz CT molecular complexity index is 781. The van der Waals surface area contributed by atoms with Crippen LogP contribution in [-0.2, 0) is 9.59 Å². The molecule has 0 aliphatic carbocycles. The zero-order chi connectivity index (χ0) is 18.3. The highest BCUT2D eigenvalue weighted by Gasteiger charge is 2.41. The number of urea groups is 1. The maximum atomic E-state index is 12.4. The number of carbonyl (C=O) groups is 3. The molecule has 8 nitrogen and oxygen atoms in total. The van der Waals surface area contributed by atoms with Crippen LogP contribution in [0.3, 0.4) is 0 Å². The fourth-order valence-corrected chi connectivity index (χ4v) is 3.21. The first-order valence-electron chi connectivity index (χ1n) is 7.54. The van der Waals surface area contributed by atoms with Gasteiger partial charge in [0.1, 0.15) is 11.3 Å². The lowest BCUT2D eigenvalue weighted by Crippen LogP contribution is -2.53. The largest absolute Gasteiger partial charge is 0.495 e. The van der Waals surface area contributed by atoms with Crippen LogP contribution in [0.2, 0.25) is 5.02 Å². The van der Waals surface area contributed by atoms with Gasteiger partial charge in [-0.05, 0) is 11.6 Å². The van der Waals surface area contributed by atoms with Gasteiger partial charge in [0.2, 0.25) is 0 Å². The number of imide groups is 2. The molecule has 2 heterocycles. The van der Waals surface area contributed by atoms with Gasteiger partial charge in [-0.3, -0.25) is 19.4 Å². The van der Waals surface area contributed by atoms with Gasteiger partial charge in [0, 0.05) is 26.2 Å². The van der Waals surface area contributed by atoms with Crippen molar-refractivity contribution in [3.8, 4) is 5.75 Å². The summed E-state index contributed by atoms with van der Waals surface area (Å²) in [7, 11) is 4.21. The summed E-state index contributed by atoms with van der Waals surface area (Å²) in [6, 6.07) is 4.49. The second kappa shape index (κ2) is 6.38. The van der Waals surface area contributed by atoms with Crippen molar-refractivity contribution in [2.75, 3.05) is 21.2 Å². The highest BCUT2D eigenvalue weighted by Crippen LogP contribution is 2.36. The Kier molecular flexibility index (Phi) is 4.40. The number of hydrogen-bond acceptors (Lipinski definition) is 6. The Morgan fingerprint density at radius 3 is 2.40 bits per heavy atom. The number of rotatable bonds is 2. The minimum atomic E-state index is -0.655. The molecule has 1 atom stereocenters. The van der Waals surface area contributed by atoms with Gasteiger partial charge in [-0.1, -0.05) is 23.7 Å². The molecule has 2 N–H and O–H groups in total. The molecule has 1 aromatic rings. The van der Waals surface area contributed by atoms with E-state index < -0.39 is 17.8 Å². The van der Waals surface area contributed by atoms with E-state index in [1.54, 1.807) is 6.07 Å². The molecule has 0 bridgehead atoms. The van der Waals surface area contributed by atoms with E-state index in [1.807, 2.05) is 12.1 Å². The quantitative estimate of drug-likeness (QED) is 0.605. The van der Waals surface area contributed by atoms with Gasteiger partial charge in [-0.25, -0.2) is 10.2 Å². The van der Waals surface area contributed by atoms with Gasteiger partial charge < -0.3 is 10.2 Å². The number of carbonyl (C=O) groups excluding carboxylic acids is 3. The molecule has 9 heteroatoms. The van der Waals surface area contributed by atoms with Crippen molar-refractivity contribution in [1.29, 1.82) is 0 Å². The van der Waals surface area contributed by atoms with Crippen LogP contribution >= 0.6 is 11.6 Å². The topological polar surface area (TPSA) is 91.0 Å². The van der Waals surface area contributed by atoms with Crippen LogP contribution in [0.25, 0.3) is 0 Å². The fourth-order valence-electron chi connectivity index (χ4n) is 2.87. The molecular formula is C16H17ClN4O4. The molecule has 2 fully saturated rings. The molecule has 1 unspecified atom stereocenters. The maximum Gasteiger partial charge on any atom is 0.333 e. The zero-order valence-corrected chi connectivity index (χ0v) is 14.7. The van der Waals surface area contributed by atoms with E-state index in [2.05, 4.69) is 10.9 Å². The standard InChI is InChI=1S/C16H17ClN4O4/c1-20-14(22)12(15(23)21(2)16(20)24)10-7-9(18-19-10)8-5-4-6-11(25-3)13(8)17/h4-6,9,18-19H,7H2,1-3H3. The Balaban J connectivity index is 1.94. The minimum Gasteiger partial charge on any atom is -0.495 e. The lowest BCUT2D eigenvalue weighted by atomic mass is 10.00. The summed E-state index contributed by atoms with van der Waals surface area (Å²) < 4.78 is 5.21. The van der Waals surface area contributed by atoms with Crippen molar-refractivity contribution in [1.82, 2.24) is 20.7 Å². The first kappa shape index (κ1) is 17.2. The van der Waals surface area contributed by atoms with Crippen molar-refractivity contribution in [2.24, 2.45) is 0 Å². The summed E-state index contributed by atoms with van der Waals surface area (Å²) in [6.07, 6.45) is 0.343. The number of hydrogen-bond donors (Lipinski definition) is 2. The van der Waals surface area contributed by atoms with Crippen LogP contribution in [0.4, 0.5) is 4.79 Å². The Hall–Kier alpha value is -2.58. The number of ether oxygens (including phenoxy) is 1. The zero-order valence-electron chi connectivity index (χ0n) is 13.9. The Morgan fingerprint density at radius 1 is 1.16 bits per heavy atom. The number of nitrogens with zero attached hydrogens (tertiary/aromatic N) is 2. The van der Waals surface area contributed by atoms with Crippen LogP contribution in [-0.4, -0.2) is 48.9 Å². The van der Waals surface area contributed by atoms with Crippen molar-refractivity contribution in [2.45, 2.75) is 12.5 Å². The summed E-state index contributed by atoms with van der Waals surface area (Å²) >= 11 is 6.34. The fraction of sp³-hybridized carbons (Fsp3) is 0.312. The summed E-state index contributed by atoms with van der Waals surface area (Å²) in [5, 5.41) is 0.460. The third-order valence-electron chi connectivity index (χ3n) is 4.31. The van der Waals surface area contributed by atoms with Gasteiger partial charge in [0.05, 0.1) is 18.2 Å². The first-order chi connectivity index (χ1) is 11.9. The van der Waals surface area contributed by atoms with Crippen LogP contribution in [0.15, 0.2) is 29.5 Å². The Labute approximate surface area is 149 Å². The number of nitrogens with one attached hydrogen (secondary N) is 2. The smallest absolute Gasteiger partial charge is 0.333 e. The number of benzene rings is 1. The van der Waals surface area contributed by atoms with E-state index in [4.69, 9.17) is 16.3 Å². The average Bonchev–Trinajstić information content (AvgIpc) is 3.08. The highest BCUT2D eigenvalue weighted by molar-refractivity contribution is 6.33. The molecule has 1 aromatic carbocycles. The maximum absolute atomic E-state index is 12.4. The predicted octanol–water partition coefficient (Wildman–Crippen LogP) is 1.19. The number of halogens is 1.